The average molecular weight is 126 g/mol. The number of hydrogen-bond acceptors (Lipinski definition) is 1. The molecule has 0 spiro atoms. The summed E-state index contributed by atoms with van der Waals surface area (Å²) in [6, 6.07) is 0. The highest BCUT2D eigenvalue weighted by atomic mass is 14.9. The van der Waals surface area contributed by atoms with Crippen LogP contribution in [-0.2, 0) is 0 Å². The Bertz CT molecular complexity index is 95.1. The fourth-order valence-electron chi connectivity index (χ4n) is 0.375. The van der Waals surface area contributed by atoms with Gasteiger partial charge in [-0.3, -0.25) is 4.99 Å². The third-order valence-electron chi connectivity index (χ3n) is 0.833. The van der Waals surface area contributed by atoms with Gasteiger partial charge in [-0.2, -0.15) is 0 Å². The lowest BCUT2D eigenvalue weighted by Crippen LogP contribution is -2.08. The molecule has 2 nitrogen and oxygen atoms in total. The predicted molar refractivity (Wildman–Crippen MR) is 41.8 cm³/mol. The molecule has 0 radical (unpaired) electrons. The Hall–Kier alpha value is -0.790. The van der Waals surface area contributed by atoms with Crippen LogP contribution in [0.5, 0.6) is 0 Å². The SMILES string of the molecule is CC=CCN=CNCC. The lowest BCUT2D eigenvalue weighted by atomic mass is 10.5. The monoisotopic (exact) mass is 126 g/mol. The van der Waals surface area contributed by atoms with E-state index in [1.807, 2.05) is 26.0 Å². The standard InChI is InChI=1S/C7H14N2/c1-3-5-6-9-7-8-4-2/h3,5,7H,4,6H2,1-2H3,(H,8,9). The van der Waals surface area contributed by atoms with Gasteiger partial charge in [-0.05, 0) is 13.8 Å². The van der Waals surface area contributed by atoms with Gasteiger partial charge in [0.15, 0.2) is 0 Å². The molecule has 0 fully saturated rings. The minimum atomic E-state index is 0.781. The van der Waals surface area contributed by atoms with Gasteiger partial charge in [0, 0.05) is 6.54 Å². The second-order valence-electron chi connectivity index (χ2n) is 1.62. The molecular formula is C7H14N2. The van der Waals surface area contributed by atoms with E-state index < -0.39 is 0 Å². The topological polar surface area (TPSA) is 24.4 Å². The minimum Gasteiger partial charge on any atom is -0.377 e. The van der Waals surface area contributed by atoms with Crippen molar-refractivity contribution in [2.24, 2.45) is 4.99 Å². The molecule has 9 heavy (non-hydrogen) atoms. The van der Waals surface area contributed by atoms with Crippen molar-refractivity contribution in [2.45, 2.75) is 13.8 Å². The molecule has 0 bridgehead atoms. The van der Waals surface area contributed by atoms with Crippen molar-refractivity contribution in [2.75, 3.05) is 13.1 Å². The molecule has 0 aliphatic rings. The first kappa shape index (κ1) is 8.21. The average Bonchev–Trinajstić information content (AvgIpc) is 1.89. The molecule has 0 saturated carbocycles. The van der Waals surface area contributed by atoms with E-state index in [9.17, 15) is 0 Å². The number of nitrogens with zero attached hydrogens (tertiary/aromatic N) is 1. The molecule has 0 unspecified atom stereocenters. The summed E-state index contributed by atoms with van der Waals surface area (Å²) in [4.78, 5) is 4.03. The molecular weight excluding hydrogens is 112 g/mol. The molecule has 2 heteroatoms. The Morgan fingerprint density at radius 2 is 2.33 bits per heavy atom. The van der Waals surface area contributed by atoms with E-state index in [0.29, 0.717) is 0 Å². The third kappa shape index (κ3) is 7.21. The van der Waals surface area contributed by atoms with Crippen molar-refractivity contribution in [3.63, 3.8) is 0 Å². The van der Waals surface area contributed by atoms with Gasteiger partial charge in [-0.15, -0.1) is 0 Å². The highest BCUT2D eigenvalue weighted by molar-refractivity contribution is 5.54. The van der Waals surface area contributed by atoms with Crippen molar-refractivity contribution < 1.29 is 0 Å². The summed E-state index contributed by atoms with van der Waals surface area (Å²) in [6.45, 7) is 5.76. The maximum Gasteiger partial charge on any atom is 0.0827 e. The normalized spacial score (nSPS) is 11.3. The second-order valence-corrected chi connectivity index (χ2v) is 1.62. The maximum absolute atomic E-state index is 4.03. The van der Waals surface area contributed by atoms with Crippen LogP contribution >= 0.6 is 0 Å². The molecule has 0 atom stereocenters. The van der Waals surface area contributed by atoms with Crippen LogP contribution in [0.2, 0.25) is 0 Å². The van der Waals surface area contributed by atoms with Crippen LogP contribution in [0.3, 0.4) is 0 Å². The van der Waals surface area contributed by atoms with Crippen LogP contribution in [0.15, 0.2) is 17.1 Å². The molecule has 0 aliphatic carbocycles. The van der Waals surface area contributed by atoms with E-state index in [2.05, 4.69) is 10.3 Å². The van der Waals surface area contributed by atoms with Gasteiger partial charge >= 0.3 is 0 Å². The van der Waals surface area contributed by atoms with E-state index in [1.54, 1.807) is 6.34 Å². The summed E-state index contributed by atoms with van der Waals surface area (Å²) in [5.41, 5.74) is 0. The zero-order chi connectivity index (χ0) is 6.95. The first-order chi connectivity index (χ1) is 4.41. The van der Waals surface area contributed by atoms with Crippen LogP contribution in [0.25, 0.3) is 0 Å². The van der Waals surface area contributed by atoms with Gasteiger partial charge in [0.2, 0.25) is 0 Å². The zero-order valence-electron chi connectivity index (χ0n) is 6.09. The molecule has 0 heterocycles. The van der Waals surface area contributed by atoms with E-state index in [1.165, 1.54) is 0 Å². The predicted octanol–water partition coefficient (Wildman–Crippen LogP) is 1.20. The van der Waals surface area contributed by atoms with Crippen LogP contribution in [0.4, 0.5) is 0 Å². The largest absolute Gasteiger partial charge is 0.377 e. The maximum atomic E-state index is 4.03. The number of allylic oxidation sites excluding steroid dienone is 1. The van der Waals surface area contributed by atoms with Crippen molar-refractivity contribution in [3.05, 3.63) is 12.2 Å². The Morgan fingerprint density at radius 1 is 1.56 bits per heavy atom. The van der Waals surface area contributed by atoms with Crippen LogP contribution in [0, 0.1) is 0 Å². The summed E-state index contributed by atoms with van der Waals surface area (Å²) >= 11 is 0. The number of hydrogen-bond donors (Lipinski definition) is 1. The molecule has 1 N–H and O–H groups in total. The summed E-state index contributed by atoms with van der Waals surface area (Å²) < 4.78 is 0. The lowest BCUT2D eigenvalue weighted by molar-refractivity contribution is 0.979. The van der Waals surface area contributed by atoms with E-state index in [-0.39, 0.29) is 0 Å². The first-order valence-corrected chi connectivity index (χ1v) is 3.24. The Labute approximate surface area is 56.7 Å². The fraction of sp³-hybridized carbons (Fsp3) is 0.571. The molecule has 0 aromatic heterocycles. The lowest BCUT2D eigenvalue weighted by Gasteiger charge is -1.88. The van der Waals surface area contributed by atoms with E-state index in [0.717, 1.165) is 13.1 Å². The molecule has 0 saturated heterocycles. The van der Waals surface area contributed by atoms with Gasteiger partial charge in [0.1, 0.15) is 0 Å². The molecule has 0 amide bonds. The highest BCUT2D eigenvalue weighted by Crippen LogP contribution is 1.70. The van der Waals surface area contributed by atoms with Crippen molar-refractivity contribution in [1.29, 1.82) is 0 Å². The molecule has 52 valence electrons. The van der Waals surface area contributed by atoms with E-state index in [4.69, 9.17) is 0 Å². The number of rotatable bonds is 4. The molecule has 0 aromatic rings. The number of aliphatic imine (C=N–C) groups is 1. The van der Waals surface area contributed by atoms with Crippen LogP contribution in [0.1, 0.15) is 13.8 Å². The van der Waals surface area contributed by atoms with E-state index >= 15 is 0 Å². The van der Waals surface area contributed by atoms with Crippen LogP contribution in [-0.4, -0.2) is 19.4 Å². The third-order valence-corrected chi connectivity index (χ3v) is 0.833. The Morgan fingerprint density at radius 3 is 2.89 bits per heavy atom. The smallest absolute Gasteiger partial charge is 0.0827 e. The summed E-state index contributed by atoms with van der Waals surface area (Å²) in [6.07, 6.45) is 5.73. The first-order valence-electron chi connectivity index (χ1n) is 3.24. The molecule has 0 aliphatic heterocycles. The minimum absolute atomic E-state index is 0.781. The zero-order valence-corrected chi connectivity index (χ0v) is 6.09. The fourth-order valence-corrected chi connectivity index (χ4v) is 0.375. The van der Waals surface area contributed by atoms with Gasteiger partial charge < -0.3 is 5.32 Å². The van der Waals surface area contributed by atoms with Gasteiger partial charge in [-0.25, -0.2) is 0 Å². The summed E-state index contributed by atoms with van der Waals surface area (Å²) in [5.74, 6) is 0. The van der Waals surface area contributed by atoms with Gasteiger partial charge in [0.05, 0.1) is 12.9 Å². The molecule has 0 aromatic carbocycles. The molecule has 0 rings (SSSR count). The quantitative estimate of drug-likeness (QED) is 0.341. The van der Waals surface area contributed by atoms with Crippen molar-refractivity contribution in [1.82, 2.24) is 5.32 Å². The van der Waals surface area contributed by atoms with Gasteiger partial charge in [-0.1, -0.05) is 12.2 Å². The highest BCUT2D eigenvalue weighted by Gasteiger charge is 1.67. The van der Waals surface area contributed by atoms with Crippen molar-refractivity contribution in [3.8, 4) is 0 Å². The summed E-state index contributed by atoms with van der Waals surface area (Å²) in [5, 5.41) is 2.98. The second kappa shape index (κ2) is 7.21. The van der Waals surface area contributed by atoms with Crippen molar-refractivity contribution >= 4 is 6.34 Å². The Balaban J connectivity index is 3.04. The number of nitrogens with one attached hydrogen (secondary N) is 1. The summed E-state index contributed by atoms with van der Waals surface area (Å²) in [7, 11) is 0. The van der Waals surface area contributed by atoms with Gasteiger partial charge in [0.25, 0.3) is 0 Å². The Kier molecular flexibility index (Phi) is 6.58. The van der Waals surface area contributed by atoms with Crippen LogP contribution < -0.4 is 5.32 Å².